The number of ether oxygens (including phenoxy) is 1. The molecule has 0 saturated carbocycles. The molecule has 1 heterocycles. The SMILES string of the molecule is CC(CBr)N(C)CCC1CCCO1. The molecule has 78 valence electrons. The lowest BCUT2D eigenvalue weighted by atomic mass is 10.1. The van der Waals surface area contributed by atoms with Crippen molar-refractivity contribution < 1.29 is 4.74 Å². The van der Waals surface area contributed by atoms with Crippen LogP contribution in [0.3, 0.4) is 0 Å². The molecule has 2 atom stereocenters. The highest BCUT2D eigenvalue weighted by molar-refractivity contribution is 9.09. The van der Waals surface area contributed by atoms with Gasteiger partial charge >= 0.3 is 0 Å². The maximum Gasteiger partial charge on any atom is 0.0588 e. The molecule has 0 aromatic rings. The van der Waals surface area contributed by atoms with Crippen molar-refractivity contribution in [3.63, 3.8) is 0 Å². The Kier molecular flexibility index (Phi) is 5.29. The second-order valence-corrected chi connectivity index (χ2v) is 4.56. The molecule has 2 unspecified atom stereocenters. The Morgan fingerprint density at radius 1 is 1.62 bits per heavy atom. The molecular weight excluding hydrogens is 230 g/mol. The molecule has 2 nitrogen and oxygen atoms in total. The van der Waals surface area contributed by atoms with Gasteiger partial charge in [0.05, 0.1) is 6.10 Å². The van der Waals surface area contributed by atoms with Gasteiger partial charge in [-0.3, -0.25) is 0 Å². The first-order valence-corrected chi connectivity index (χ1v) is 6.24. The first-order chi connectivity index (χ1) is 6.24. The van der Waals surface area contributed by atoms with Crippen LogP contribution in [0.4, 0.5) is 0 Å². The molecule has 0 amide bonds. The fourth-order valence-corrected chi connectivity index (χ4v) is 2.05. The van der Waals surface area contributed by atoms with E-state index in [9.17, 15) is 0 Å². The fraction of sp³-hybridized carbons (Fsp3) is 1.00. The molecule has 0 spiro atoms. The Labute approximate surface area is 89.8 Å². The fourth-order valence-electron chi connectivity index (χ4n) is 1.56. The third-order valence-corrected chi connectivity index (χ3v) is 3.74. The van der Waals surface area contributed by atoms with Crippen LogP contribution in [0.5, 0.6) is 0 Å². The first-order valence-electron chi connectivity index (χ1n) is 5.12. The lowest BCUT2D eigenvalue weighted by Crippen LogP contribution is -2.32. The van der Waals surface area contributed by atoms with E-state index in [1.165, 1.54) is 19.3 Å². The summed E-state index contributed by atoms with van der Waals surface area (Å²) in [5.74, 6) is 0. The molecule has 1 fully saturated rings. The molecule has 1 saturated heterocycles. The highest BCUT2D eigenvalue weighted by atomic mass is 79.9. The number of hydrogen-bond acceptors (Lipinski definition) is 2. The van der Waals surface area contributed by atoms with Crippen LogP contribution < -0.4 is 0 Å². The van der Waals surface area contributed by atoms with Crippen molar-refractivity contribution in [1.29, 1.82) is 0 Å². The molecule has 0 N–H and O–H groups in total. The summed E-state index contributed by atoms with van der Waals surface area (Å²) in [5, 5.41) is 1.05. The van der Waals surface area contributed by atoms with Crippen LogP contribution in [-0.2, 0) is 4.74 Å². The highest BCUT2D eigenvalue weighted by Crippen LogP contribution is 2.15. The summed E-state index contributed by atoms with van der Waals surface area (Å²) in [6, 6.07) is 0.626. The summed E-state index contributed by atoms with van der Waals surface area (Å²) in [6.07, 6.45) is 4.23. The van der Waals surface area contributed by atoms with Crippen LogP contribution in [0.25, 0.3) is 0 Å². The van der Waals surface area contributed by atoms with E-state index < -0.39 is 0 Å². The molecule has 3 heteroatoms. The Bertz CT molecular complexity index is 137. The van der Waals surface area contributed by atoms with Gasteiger partial charge in [-0.25, -0.2) is 0 Å². The van der Waals surface area contributed by atoms with E-state index in [4.69, 9.17) is 4.74 Å². The molecule has 0 aromatic heterocycles. The number of halogens is 1. The van der Waals surface area contributed by atoms with Crippen LogP contribution in [-0.4, -0.2) is 42.6 Å². The van der Waals surface area contributed by atoms with Gasteiger partial charge in [-0.1, -0.05) is 15.9 Å². The summed E-state index contributed by atoms with van der Waals surface area (Å²) in [7, 11) is 2.18. The molecule has 1 rings (SSSR count). The minimum Gasteiger partial charge on any atom is -0.378 e. The zero-order chi connectivity index (χ0) is 9.68. The van der Waals surface area contributed by atoms with Crippen LogP contribution >= 0.6 is 15.9 Å². The summed E-state index contributed by atoms with van der Waals surface area (Å²) in [6.45, 7) is 4.37. The quantitative estimate of drug-likeness (QED) is 0.694. The number of rotatable bonds is 5. The predicted octanol–water partition coefficient (Wildman–Crippen LogP) is 2.27. The first kappa shape index (κ1) is 11.5. The van der Waals surface area contributed by atoms with E-state index in [-0.39, 0.29) is 0 Å². The average molecular weight is 250 g/mol. The summed E-state index contributed by atoms with van der Waals surface area (Å²) < 4.78 is 5.58. The Balaban J connectivity index is 2.10. The van der Waals surface area contributed by atoms with Gasteiger partial charge < -0.3 is 9.64 Å². The van der Waals surface area contributed by atoms with Crippen LogP contribution in [0.1, 0.15) is 26.2 Å². The van der Waals surface area contributed by atoms with Crippen molar-refractivity contribution in [2.24, 2.45) is 0 Å². The van der Waals surface area contributed by atoms with E-state index >= 15 is 0 Å². The minimum atomic E-state index is 0.532. The Hall–Kier alpha value is 0.400. The second kappa shape index (κ2) is 5.99. The lowest BCUT2D eigenvalue weighted by molar-refractivity contribution is 0.0921. The van der Waals surface area contributed by atoms with E-state index in [0.29, 0.717) is 12.1 Å². The zero-order valence-electron chi connectivity index (χ0n) is 8.63. The lowest BCUT2D eigenvalue weighted by Gasteiger charge is -2.23. The number of alkyl halides is 1. The van der Waals surface area contributed by atoms with Crippen molar-refractivity contribution in [2.45, 2.75) is 38.3 Å². The minimum absolute atomic E-state index is 0.532. The van der Waals surface area contributed by atoms with Gasteiger partial charge in [0.2, 0.25) is 0 Å². The summed E-state index contributed by atoms with van der Waals surface area (Å²) in [5.41, 5.74) is 0. The normalized spacial score (nSPS) is 25.4. The smallest absolute Gasteiger partial charge is 0.0588 e. The Morgan fingerprint density at radius 2 is 2.38 bits per heavy atom. The maximum absolute atomic E-state index is 5.58. The second-order valence-electron chi connectivity index (χ2n) is 3.91. The van der Waals surface area contributed by atoms with Crippen molar-refractivity contribution >= 4 is 15.9 Å². The van der Waals surface area contributed by atoms with Gasteiger partial charge in [-0.2, -0.15) is 0 Å². The summed E-state index contributed by atoms with van der Waals surface area (Å²) in [4.78, 5) is 2.39. The van der Waals surface area contributed by atoms with E-state index in [2.05, 4.69) is 34.8 Å². The predicted molar refractivity (Wildman–Crippen MR) is 59.5 cm³/mol. The van der Waals surface area contributed by atoms with Crippen molar-refractivity contribution in [3.05, 3.63) is 0 Å². The molecule has 0 bridgehead atoms. The Morgan fingerprint density at radius 3 is 2.92 bits per heavy atom. The van der Waals surface area contributed by atoms with Crippen molar-refractivity contribution in [3.8, 4) is 0 Å². The molecule has 0 aromatic carbocycles. The van der Waals surface area contributed by atoms with Gasteiger partial charge in [0.25, 0.3) is 0 Å². The largest absolute Gasteiger partial charge is 0.378 e. The monoisotopic (exact) mass is 249 g/mol. The standard InChI is InChI=1S/C10H20BrNO/c1-9(8-11)12(2)6-5-10-4-3-7-13-10/h9-10H,3-8H2,1-2H3. The van der Waals surface area contributed by atoms with Gasteiger partial charge in [0.1, 0.15) is 0 Å². The van der Waals surface area contributed by atoms with E-state index in [0.717, 1.165) is 18.5 Å². The van der Waals surface area contributed by atoms with E-state index in [1.54, 1.807) is 0 Å². The average Bonchev–Trinajstić information content (AvgIpc) is 2.65. The molecule has 13 heavy (non-hydrogen) atoms. The van der Waals surface area contributed by atoms with Crippen molar-refractivity contribution in [1.82, 2.24) is 4.90 Å². The van der Waals surface area contributed by atoms with Gasteiger partial charge in [-0.15, -0.1) is 0 Å². The zero-order valence-corrected chi connectivity index (χ0v) is 10.2. The number of hydrogen-bond donors (Lipinski definition) is 0. The third-order valence-electron chi connectivity index (χ3n) is 2.80. The molecule has 1 aliphatic heterocycles. The van der Waals surface area contributed by atoms with Crippen LogP contribution in [0.2, 0.25) is 0 Å². The number of nitrogens with zero attached hydrogens (tertiary/aromatic N) is 1. The van der Waals surface area contributed by atoms with Crippen molar-refractivity contribution in [2.75, 3.05) is 25.5 Å². The van der Waals surface area contributed by atoms with Crippen LogP contribution in [0, 0.1) is 0 Å². The highest BCUT2D eigenvalue weighted by Gasteiger charge is 2.16. The van der Waals surface area contributed by atoms with Gasteiger partial charge in [0, 0.05) is 24.5 Å². The molecule has 1 aliphatic rings. The molecule has 0 radical (unpaired) electrons. The van der Waals surface area contributed by atoms with E-state index in [1.807, 2.05) is 0 Å². The van der Waals surface area contributed by atoms with Gasteiger partial charge in [-0.05, 0) is 33.2 Å². The van der Waals surface area contributed by atoms with Gasteiger partial charge in [0.15, 0.2) is 0 Å². The third kappa shape index (κ3) is 3.96. The summed E-state index contributed by atoms with van der Waals surface area (Å²) >= 11 is 3.50. The molecule has 0 aliphatic carbocycles. The topological polar surface area (TPSA) is 12.5 Å². The van der Waals surface area contributed by atoms with Crippen LogP contribution in [0.15, 0.2) is 0 Å². The maximum atomic E-state index is 5.58. The molecular formula is C10H20BrNO.